The molecule has 1 rings (SSSR count). The third kappa shape index (κ3) is 5.14. The van der Waals surface area contributed by atoms with Crippen molar-refractivity contribution < 1.29 is 17.9 Å². The average molecular weight is 354 g/mol. The first-order valence-electron chi connectivity index (χ1n) is 6.25. The van der Waals surface area contributed by atoms with E-state index in [-0.39, 0.29) is 26.6 Å². The average Bonchev–Trinajstić information content (AvgIpc) is 2.29. The second kappa shape index (κ2) is 6.96. The van der Waals surface area contributed by atoms with E-state index in [1.165, 1.54) is 0 Å². The maximum absolute atomic E-state index is 12.1. The van der Waals surface area contributed by atoms with Crippen molar-refractivity contribution in [3.63, 3.8) is 0 Å². The van der Waals surface area contributed by atoms with E-state index in [1.54, 1.807) is 6.92 Å². The molecule has 2 N–H and O–H groups in total. The molecule has 1 aromatic rings. The van der Waals surface area contributed by atoms with E-state index in [0.717, 1.165) is 12.1 Å². The summed E-state index contributed by atoms with van der Waals surface area (Å²) >= 11 is 11.8. The minimum atomic E-state index is -4.00. The summed E-state index contributed by atoms with van der Waals surface area (Å²) in [7, 11) is -4.00. The molecule has 0 aliphatic carbocycles. The van der Waals surface area contributed by atoms with Crippen LogP contribution < -0.4 is 5.14 Å². The third-order valence-electron chi connectivity index (χ3n) is 2.66. The van der Waals surface area contributed by atoms with E-state index < -0.39 is 16.0 Å². The van der Waals surface area contributed by atoms with Crippen LogP contribution in [0.25, 0.3) is 0 Å². The highest BCUT2D eigenvalue weighted by molar-refractivity contribution is 7.89. The lowest BCUT2D eigenvalue weighted by Gasteiger charge is -2.16. The number of hydrogen-bond donors (Lipinski definition) is 1. The molecule has 118 valence electrons. The maximum atomic E-state index is 12.1. The molecule has 1 atom stereocenters. The van der Waals surface area contributed by atoms with E-state index in [9.17, 15) is 13.2 Å². The van der Waals surface area contributed by atoms with E-state index in [2.05, 4.69) is 0 Å². The largest absolute Gasteiger partial charge is 0.459 e. The van der Waals surface area contributed by atoms with Gasteiger partial charge >= 0.3 is 5.97 Å². The van der Waals surface area contributed by atoms with Crippen molar-refractivity contribution in [1.82, 2.24) is 0 Å². The minimum Gasteiger partial charge on any atom is -0.459 e. The molecular weight excluding hydrogens is 337 g/mol. The summed E-state index contributed by atoms with van der Waals surface area (Å²) in [6.07, 6.45) is 0.344. The van der Waals surface area contributed by atoms with Crippen molar-refractivity contribution in [2.24, 2.45) is 11.1 Å². The van der Waals surface area contributed by atoms with E-state index in [0.29, 0.717) is 12.3 Å². The molecule has 0 aromatic heterocycles. The number of hydrogen-bond acceptors (Lipinski definition) is 4. The van der Waals surface area contributed by atoms with E-state index in [4.69, 9.17) is 33.1 Å². The van der Waals surface area contributed by atoms with Crippen LogP contribution in [0, 0.1) is 5.92 Å². The first-order valence-corrected chi connectivity index (χ1v) is 8.55. The number of halogens is 2. The number of ether oxygens (including phenoxy) is 1. The van der Waals surface area contributed by atoms with Gasteiger partial charge in [0.05, 0.1) is 26.6 Å². The molecule has 0 bridgehead atoms. The quantitative estimate of drug-likeness (QED) is 0.823. The molecule has 0 saturated carbocycles. The van der Waals surface area contributed by atoms with Crippen molar-refractivity contribution in [3.8, 4) is 0 Å². The van der Waals surface area contributed by atoms with Crippen LogP contribution in [0.3, 0.4) is 0 Å². The van der Waals surface area contributed by atoms with Crippen LogP contribution in [-0.4, -0.2) is 20.5 Å². The van der Waals surface area contributed by atoms with Gasteiger partial charge in [0.1, 0.15) is 0 Å². The lowest BCUT2D eigenvalue weighted by molar-refractivity contribution is 0.0299. The van der Waals surface area contributed by atoms with Crippen LogP contribution in [0.4, 0.5) is 0 Å². The highest BCUT2D eigenvalue weighted by Crippen LogP contribution is 2.30. The summed E-state index contributed by atoms with van der Waals surface area (Å²) in [6, 6.07) is 2.15. The third-order valence-corrected chi connectivity index (χ3v) is 4.36. The molecular formula is C13H17Cl2NO4S. The van der Waals surface area contributed by atoms with Gasteiger partial charge in [-0.25, -0.2) is 18.4 Å². The zero-order chi connectivity index (χ0) is 16.4. The van der Waals surface area contributed by atoms with Crippen molar-refractivity contribution >= 4 is 39.2 Å². The Labute approximate surface area is 134 Å². The second-order valence-corrected chi connectivity index (χ2v) is 7.50. The Balaban J connectivity index is 3.12. The Morgan fingerprint density at radius 3 is 2.33 bits per heavy atom. The standard InChI is InChI=1S/C13H17Cl2NO4S/c1-7(2)4-8(3)20-13(17)10-5-9(21(16,18)19)6-11(14)12(10)15/h5-8H,4H2,1-3H3,(H2,16,18,19). The molecule has 0 amide bonds. The molecule has 5 nitrogen and oxygen atoms in total. The van der Waals surface area contributed by atoms with Gasteiger partial charge in [-0.15, -0.1) is 0 Å². The molecule has 0 spiro atoms. The van der Waals surface area contributed by atoms with Crippen LogP contribution in [0.5, 0.6) is 0 Å². The van der Waals surface area contributed by atoms with Gasteiger partial charge in [-0.05, 0) is 31.4 Å². The Hall–Kier alpha value is -0.820. The molecule has 0 saturated heterocycles. The fourth-order valence-electron chi connectivity index (χ4n) is 1.84. The molecule has 8 heteroatoms. The molecule has 21 heavy (non-hydrogen) atoms. The number of rotatable bonds is 5. The summed E-state index contributed by atoms with van der Waals surface area (Å²) in [5.74, 6) is -0.386. The normalized spacial score (nSPS) is 13.3. The predicted molar refractivity (Wildman–Crippen MR) is 82.2 cm³/mol. The van der Waals surface area contributed by atoms with Crippen molar-refractivity contribution in [1.29, 1.82) is 0 Å². The number of benzene rings is 1. The zero-order valence-electron chi connectivity index (χ0n) is 11.9. The summed E-state index contributed by atoms with van der Waals surface area (Å²) in [5, 5.41) is 4.89. The summed E-state index contributed by atoms with van der Waals surface area (Å²) in [5.41, 5.74) is -0.121. The molecule has 0 fully saturated rings. The van der Waals surface area contributed by atoms with Crippen LogP contribution in [0.1, 0.15) is 37.6 Å². The van der Waals surface area contributed by atoms with Crippen LogP contribution in [0.15, 0.2) is 17.0 Å². The number of sulfonamides is 1. The number of esters is 1. The molecule has 0 aliphatic heterocycles. The molecule has 0 aliphatic rings. The number of primary sulfonamides is 1. The molecule has 0 heterocycles. The van der Waals surface area contributed by atoms with Gasteiger partial charge in [0.15, 0.2) is 0 Å². The van der Waals surface area contributed by atoms with Crippen LogP contribution in [-0.2, 0) is 14.8 Å². The lowest BCUT2D eigenvalue weighted by atomic mass is 10.1. The number of nitrogens with two attached hydrogens (primary N) is 1. The van der Waals surface area contributed by atoms with Crippen LogP contribution in [0.2, 0.25) is 10.0 Å². The monoisotopic (exact) mass is 353 g/mol. The fourth-order valence-corrected chi connectivity index (χ4v) is 2.87. The zero-order valence-corrected chi connectivity index (χ0v) is 14.2. The summed E-state index contributed by atoms with van der Waals surface area (Å²) in [6.45, 7) is 5.74. The molecule has 1 unspecified atom stereocenters. The van der Waals surface area contributed by atoms with Gasteiger partial charge < -0.3 is 4.74 Å². The van der Waals surface area contributed by atoms with Gasteiger partial charge in [0, 0.05) is 0 Å². The smallest absolute Gasteiger partial charge is 0.340 e. The van der Waals surface area contributed by atoms with Crippen LogP contribution >= 0.6 is 23.2 Å². The molecule has 0 radical (unpaired) electrons. The number of carbonyl (C=O) groups is 1. The van der Waals surface area contributed by atoms with Crippen molar-refractivity contribution in [3.05, 3.63) is 27.7 Å². The van der Waals surface area contributed by atoms with Crippen molar-refractivity contribution in [2.75, 3.05) is 0 Å². The highest BCUT2D eigenvalue weighted by Gasteiger charge is 2.21. The Bertz CT molecular complexity index is 644. The minimum absolute atomic E-state index is 0.0641. The SMILES string of the molecule is CC(C)CC(C)OC(=O)c1cc(S(N)(=O)=O)cc(Cl)c1Cl. The first-order chi connectivity index (χ1) is 9.52. The first kappa shape index (κ1) is 18.2. The summed E-state index contributed by atoms with van der Waals surface area (Å²) < 4.78 is 28.0. The fraction of sp³-hybridized carbons (Fsp3) is 0.462. The van der Waals surface area contributed by atoms with Gasteiger partial charge in [0.2, 0.25) is 10.0 Å². The Morgan fingerprint density at radius 1 is 1.29 bits per heavy atom. The predicted octanol–water partition coefficient (Wildman–Crippen LogP) is 3.23. The summed E-state index contributed by atoms with van der Waals surface area (Å²) in [4.78, 5) is 11.8. The van der Waals surface area contributed by atoms with Gasteiger partial charge in [0.25, 0.3) is 0 Å². The van der Waals surface area contributed by atoms with Gasteiger partial charge in [-0.1, -0.05) is 37.0 Å². The second-order valence-electron chi connectivity index (χ2n) is 5.16. The highest BCUT2D eigenvalue weighted by atomic mass is 35.5. The van der Waals surface area contributed by atoms with Crippen molar-refractivity contribution in [2.45, 2.75) is 38.2 Å². The Morgan fingerprint density at radius 2 is 1.86 bits per heavy atom. The lowest BCUT2D eigenvalue weighted by Crippen LogP contribution is -2.18. The maximum Gasteiger partial charge on any atom is 0.340 e. The number of carbonyl (C=O) groups excluding carboxylic acids is 1. The van der Waals surface area contributed by atoms with Gasteiger partial charge in [-0.3, -0.25) is 0 Å². The molecule has 1 aromatic carbocycles. The Kier molecular flexibility index (Phi) is 6.04. The van der Waals surface area contributed by atoms with E-state index >= 15 is 0 Å². The topological polar surface area (TPSA) is 86.5 Å². The van der Waals surface area contributed by atoms with E-state index in [1.807, 2.05) is 13.8 Å². The van der Waals surface area contributed by atoms with Gasteiger partial charge in [-0.2, -0.15) is 0 Å².